The van der Waals surface area contributed by atoms with Crippen molar-refractivity contribution in [2.45, 2.75) is 6.92 Å². The largest absolute Gasteiger partial charge is 0.494 e. The lowest BCUT2D eigenvalue weighted by molar-refractivity contribution is -0.384. The van der Waals surface area contributed by atoms with Crippen molar-refractivity contribution in [2.75, 3.05) is 11.9 Å². The fourth-order valence-electron chi connectivity index (χ4n) is 2.02. The topological polar surface area (TPSA) is 119 Å². The normalized spacial score (nSPS) is 10.0. The average Bonchev–Trinajstić information content (AvgIpc) is 2.56. The molecule has 8 heteroatoms. The number of hydrogen-bond donors (Lipinski definition) is 2. The number of anilines is 1. The predicted octanol–water partition coefficient (Wildman–Crippen LogP) is 2.94. The molecule has 0 unspecified atom stereocenters. The van der Waals surface area contributed by atoms with E-state index in [-0.39, 0.29) is 16.8 Å². The van der Waals surface area contributed by atoms with E-state index in [1.165, 1.54) is 0 Å². The van der Waals surface area contributed by atoms with E-state index in [4.69, 9.17) is 9.84 Å². The second kappa shape index (κ2) is 7.23. The number of carboxylic acids is 1. The van der Waals surface area contributed by atoms with Crippen LogP contribution >= 0.6 is 0 Å². The highest BCUT2D eigenvalue weighted by atomic mass is 16.6. The summed E-state index contributed by atoms with van der Waals surface area (Å²) in [5.41, 5.74) is -0.558. The Morgan fingerprint density at radius 2 is 1.83 bits per heavy atom. The number of hydrogen-bond acceptors (Lipinski definition) is 5. The highest BCUT2D eigenvalue weighted by Crippen LogP contribution is 2.21. The minimum absolute atomic E-state index is 0.286. The van der Waals surface area contributed by atoms with E-state index in [0.29, 0.717) is 18.0 Å². The molecule has 2 N–H and O–H groups in total. The summed E-state index contributed by atoms with van der Waals surface area (Å²) in [6.45, 7) is 2.34. The molecule has 0 saturated carbocycles. The molecule has 0 aliphatic rings. The number of nitrogens with zero attached hydrogens (tertiary/aromatic N) is 1. The van der Waals surface area contributed by atoms with E-state index < -0.39 is 16.8 Å². The van der Waals surface area contributed by atoms with Gasteiger partial charge in [0.1, 0.15) is 5.75 Å². The Balaban J connectivity index is 2.29. The van der Waals surface area contributed by atoms with Crippen LogP contribution in [0.5, 0.6) is 5.75 Å². The van der Waals surface area contributed by atoms with Crippen molar-refractivity contribution in [2.24, 2.45) is 0 Å². The number of nitro benzene ring substituents is 1. The first-order valence-corrected chi connectivity index (χ1v) is 6.98. The minimum atomic E-state index is -1.35. The molecule has 124 valence electrons. The smallest absolute Gasteiger partial charge is 0.336 e. The highest BCUT2D eigenvalue weighted by molar-refractivity contribution is 6.11. The van der Waals surface area contributed by atoms with Gasteiger partial charge in [-0.05, 0) is 37.3 Å². The molecule has 0 heterocycles. The van der Waals surface area contributed by atoms with Crippen molar-refractivity contribution >= 4 is 23.3 Å². The molecule has 2 aromatic carbocycles. The zero-order chi connectivity index (χ0) is 17.7. The molecule has 0 fully saturated rings. The number of non-ortho nitro benzene ring substituents is 1. The number of benzene rings is 2. The third kappa shape index (κ3) is 3.86. The second-order valence-electron chi connectivity index (χ2n) is 4.70. The van der Waals surface area contributed by atoms with Gasteiger partial charge in [0.2, 0.25) is 0 Å². The first-order chi connectivity index (χ1) is 11.4. The summed E-state index contributed by atoms with van der Waals surface area (Å²) in [6.07, 6.45) is 0. The van der Waals surface area contributed by atoms with E-state index in [1.54, 1.807) is 24.3 Å². The molecule has 0 bridgehead atoms. The third-order valence-corrected chi connectivity index (χ3v) is 3.11. The van der Waals surface area contributed by atoms with Crippen LogP contribution in [0.3, 0.4) is 0 Å². The number of carbonyl (C=O) groups excluding carboxylic acids is 1. The van der Waals surface area contributed by atoms with Crippen LogP contribution in [-0.4, -0.2) is 28.5 Å². The standard InChI is InChI=1S/C16H14N2O6/c1-2-24-12-6-3-10(4-7-12)17-15(19)14-9-11(18(22)23)5-8-13(14)16(20)21/h3-9H,2H2,1H3,(H,17,19)(H,20,21). The lowest BCUT2D eigenvalue weighted by Crippen LogP contribution is -2.16. The number of carbonyl (C=O) groups is 2. The number of ether oxygens (including phenoxy) is 1. The van der Waals surface area contributed by atoms with Crippen molar-refractivity contribution < 1.29 is 24.4 Å². The van der Waals surface area contributed by atoms with Gasteiger partial charge in [-0.1, -0.05) is 0 Å². The van der Waals surface area contributed by atoms with E-state index in [1.807, 2.05) is 6.92 Å². The Morgan fingerprint density at radius 3 is 2.38 bits per heavy atom. The molecule has 8 nitrogen and oxygen atoms in total. The molecule has 0 radical (unpaired) electrons. The Hall–Kier alpha value is -3.42. The van der Waals surface area contributed by atoms with Crippen molar-refractivity contribution in [3.05, 3.63) is 63.7 Å². The summed E-state index contributed by atoms with van der Waals surface area (Å²) in [4.78, 5) is 33.6. The number of amides is 1. The lowest BCUT2D eigenvalue weighted by atomic mass is 10.1. The maximum absolute atomic E-state index is 12.3. The lowest BCUT2D eigenvalue weighted by Gasteiger charge is -2.09. The number of nitro groups is 1. The van der Waals surface area contributed by atoms with Gasteiger partial charge in [0.25, 0.3) is 11.6 Å². The van der Waals surface area contributed by atoms with Crippen LogP contribution in [-0.2, 0) is 0 Å². The number of nitrogens with one attached hydrogen (secondary N) is 1. The molecular formula is C16H14N2O6. The number of carboxylic acid groups (broad SMARTS) is 1. The summed E-state index contributed by atoms with van der Waals surface area (Å²) < 4.78 is 5.28. The van der Waals surface area contributed by atoms with Crippen LogP contribution in [0.2, 0.25) is 0 Å². The van der Waals surface area contributed by atoms with Gasteiger partial charge in [-0.2, -0.15) is 0 Å². The van der Waals surface area contributed by atoms with Crippen LogP contribution in [0.1, 0.15) is 27.6 Å². The zero-order valence-electron chi connectivity index (χ0n) is 12.7. The van der Waals surface area contributed by atoms with Gasteiger partial charge in [-0.25, -0.2) is 4.79 Å². The number of aromatic carboxylic acids is 1. The number of rotatable bonds is 6. The molecule has 2 aromatic rings. The first kappa shape index (κ1) is 16.9. The summed E-state index contributed by atoms with van der Waals surface area (Å²) in [7, 11) is 0. The Kier molecular flexibility index (Phi) is 5.10. The quantitative estimate of drug-likeness (QED) is 0.621. The molecule has 0 aromatic heterocycles. The SMILES string of the molecule is CCOc1ccc(NC(=O)c2cc([N+](=O)[O-])ccc2C(=O)O)cc1. The Labute approximate surface area is 136 Å². The molecule has 0 aliphatic heterocycles. The summed E-state index contributed by atoms with van der Waals surface area (Å²) in [5.74, 6) is -1.47. The Bertz CT molecular complexity index is 786. The highest BCUT2D eigenvalue weighted by Gasteiger charge is 2.20. The maximum atomic E-state index is 12.3. The van der Waals surface area contributed by atoms with Crippen LogP contribution in [0, 0.1) is 10.1 Å². The van der Waals surface area contributed by atoms with Crippen LogP contribution in [0.4, 0.5) is 11.4 Å². The zero-order valence-corrected chi connectivity index (χ0v) is 12.7. The van der Waals surface area contributed by atoms with E-state index in [2.05, 4.69) is 5.32 Å². The molecule has 0 saturated heterocycles. The first-order valence-electron chi connectivity index (χ1n) is 6.98. The van der Waals surface area contributed by atoms with Gasteiger partial charge in [0, 0.05) is 17.8 Å². The third-order valence-electron chi connectivity index (χ3n) is 3.11. The van der Waals surface area contributed by atoms with E-state index in [0.717, 1.165) is 18.2 Å². The van der Waals surface area contributed by atoms with Crippen molar-refractivity contribution in [1.29, 1.82) is 0 Å². The molecule has 0 aliphatic carbocycles. The van der Waals surface area contributed by atoms with Gasteiger partial charge in [0.15, 0.2) is 0 Å². The van der Waals surface area contributed by atoms with Crippen molar-refractivity contribution in [3.63, 3.8) is 0 Å². The van der Waals surface area contributed by atoms with Crippen LogP contribution < -0.4 is 10.1 Å². The fraction of sp³-hybridized carbons (Fsp3) is 0.125. The monoisotopic (exact) mass is 330 g/mol. The van der Waals surface area contributed by atoms with Gasteiger partial charge >= 0.3 is 5.97 Å². The van der Waals surface area contributed by atoms with Crippen molar-refractivity contribution in [1.82, 2.24) is 0 Å². The summed E-state index contributed by atoms with van der Waals surface area (Å²) in [5, 5.41) is 22.5. The van der Waals surface area contributed by atoms with Crippen LogP contribution in [0.15, 0.2) is 42.5 Å². The fourth-order valence-corrected chi connectivity index (χ4v) is 2.02. The van der Waals surface area contributed by atoms with Crippen LogP contribution in [0.25, 0.3) is 0 Å². The van der Waals surface area contributed by atoms with Gasteiger partial charge in [-0.15, -0.1) is 0 Å². The molecule has 1 amide bonds. The summed E-state index contributed by atoms with van der Waals surface area (Å²) in [6, 6.07) is 9.47. The average molecular weight is 330 g/mol. The van der Waals surface area contributed by atoms with Gasteiger partial charge in [-0.3, -0.25) is 14.9 Å². The second-order valence-corrected chi connectivity index (χ2v) is 4.70. The van der Waals surface area contributed by atoms with Crippen molar-refractivity contribution in [3.8, 4) is 5.75 Å². The molecule has 24 heavy (non-hydrogen) atoms. The van der Waals surface area contributed by atoms with E-state index in [9.17, 15) is 19.7 Å². The Morgan fingerprint density at radius 1 is 1.17 bits per heavy atom. The molecular weight excluding hydrogens is 316 g/mol. The predicted molar refractivity (Wildman–Crippen MR) is 85.6 cm³/mol. The van der Waals surface area contributed by atoms with Gasteiger partial charge < -0.3 is 15.2 Å². The summed E-state index contributed by atoms with van der Waals surface area (Å²) >= 11 is 0. The molecule has 0 spiro atoms. The molecule has 0 atom stereocenters. The maximum Gasteiger partial charge on any atom is 0.336 e. The van der Waals surface area contributed by atoms with Gasteiger partial charge in [0.05, 0.1) is 22.7 Å². The van der Waals surface area contributed by atoms with E-state index >= 15 is 0 Å². The minimum Gasteiger partial charge on any atom is -0.494 e. The molecule has 2 rings (SSSR count).